The molecule has 2 aromatic carbocycles. The van der Waals surface area contributed by atoms with Crippen LogP contribution in [0.5, 0.6) is 0 Å². The van der Waals surface area contributed by atoms with Crippen molar-refractivity contribution in [3.05, 3.63) is 64.7 Å². The van der Waals surface area contributed by atoms with Crippen molar-refractivity contribution in [1.29, 1.82) is 0 Å². The number of carbonyl (C=O) groups is 1. The first-order valence-electron chi connectivity index (χ1n) is 9.69. The van der Waals surface area contributed by atoms with E-state index in [0.29, 0.717) is 6.04 Å². The molecule has 2 unspecified atom stereocenters. The highest BCUT2D eigenvalue weighted by Crippen LogP contribution is 2.44. The van der Waals surface area contributed by atoms with Gasteiger partial charge in [0.05, 0.1) is 5.69 Å². The summed E-state index contributed by atoms with van der Waals surface area (Å²) in [6.45, 7) is 3.25. The number of likely N-dealkylation sites (tertiary alicyclic amines) is 1. The molecular weight excluding hydrogens is 320 g/mol. The minimum Gasteiger partial charge on any atom is -0.335 e. The molecule has 1 aliphatic carbocycles. The molecule has 3 nitrogen and oxygen atoms in total. The smallest absolute Gasteiger partial charge is 0.254 e. The van der Waals surface area contributed by atoms with Crippen LogP contribution in [0.3, 0.4) is 0 Å². The normalized spacial score (nSPS) is 26.2. The highest BCUT2D eigenvalue weighted by molar-refractivity contribution is 5.96. The predicted molar refractivity (Wildman–Crippen MR) is 104 cm³/mol. The molecule has 2 atom stereocenters. The summed E-state index contributed by atoms with van der Waals surface area (Å²) >= 11 is 0. The van der Waals surface area contributed by atoms with Gasteiger partial charge in [-0.3, -0.25) is 9.79 Å². The van der Waals surface area contributed by atoms with E-state index in [2.05, 4.69) is 41.1 Å². The van der Waals surface area contributed by atoms with Crippen LogP contribution in [-0.2, 0) is 18.3 Å². The maximum Gasteiger partial charge on any atom is 0.254 e. The van der Waals surface area contributed by atoms with Crippen LogP contribution in [0.15, 0.2) is 47.5 Å². The Morgan fingerprint density at radius 3 is 3.00 bits per heavy atom. The number of hydrogen-bond donors (Lipinski definition) is 0. The third-order valence-corrected chi connectivity index (χ3v) is 6.51. The molecule has 1 fully saturated rings. The molecule has 3 aliphatic rings. The van der Waals surface area contributed by atoms with Crippen LogP contribution >= 0.6 is 0 Å². The largest absolute Gasteiger partial charge is 0.335 e. The van der Waals surface area contributed by atoms with Crippen LogP contribution in [0.4, 0.5) is 5.69 Å². The van der Waals surface area contributed by atoms with Gasteiger partial charge in [-0.1, -0.05) is 31.2 Å². The van der Waals surface area contributed by atoms with Gasteiger partial charge in [0.1, 0.15) is 0 Å². The summed E-state index contributed by atoms with van der Waals surface area (Å²) in [7, 11) is 0. The number of benzene rings is 2. The van der Waals surface area contributed by atoms with E-state index in [0.717, 1.165) is 49.9 Å². The van der Waals surface area contributed by atoms with E-state index in [1.54, 1.807) is 0 Å². The molecule has 0 saturated carbocycles. The van der Waals surface area contributed by atoms with Crippen molar-refractivity contribution >= 4 is 17.8 Å². The van der Waals surface area contributed by atoms with Crippen molar-refractivity contribution in [3.63, 3.8) is 0 Å². The van der Waals surface area contributed by atoms with Crippen molar-refractivity contribution < 1.29 is 4.79 Å². The van der Waals surface area contributed by atoms with Crippen molar-refractivity contribution in [2.45, 2.75) is 50.5 Å². The maximum atomic E-state index is 13.4. The van der Waals surface area contributed by atoms with Gasteiger partial charge in [0.15, 0.2) is 0 Å². The fraction of sp³-hybridized carbons (Fsp3) is 0.391. The fourth-order valence-corrected chi connectivity index (χ4v) is 5.21. The molecule has 3 heteroatoms. The van der Waals surface area contributed by atoms with Crippen molar-refractivity contribution in [1.82, 2.24) is 4.90 Å². The number of carbonyl (C=O) groups excluding carboxylic acids is 1. The molecule has 2 bridgehead atoms. The number of fused-ring (bicyclic) bond motifs is 5. The third-order valence-electron chi connectivity index (χ3n) is 6.51. The molecule has 0 spiro atoms. The van der Waals surface area contributed by atoms with Crippen LogP contribution in [0.1, 0.15) is 53.2 Å². The van der Waals surface area contributed by atoms with E-state index in [9.17, 15) is 4.79 Å². The summed E-state index contributed by atoms with van der Waals surface area (Å²) < 4.78 is 0. The van der Waals surface area contributed by atoms with Gasteiger partial charge in [-0.15, -0.1) is 0 Å². The van der Waals surface area contributed by atoms with Gasteiger partial charge in [-0.2, -0.15) is 0 Å². The number of hydrogen-bond acceptors (Lipinski definition) is 2. The van der Waals surface area contributed by atoms with E-state index in [1.807, 2.05) is 24.4 Å². The number of nitrogens with zero attached hydrogens (tertiary/aromatic N) is 2. The topological polar surface area (TPSA) is 32.7 Å². The van der Waals surface area contributed by atoms with Crippen LogP contribution in [0, 0.1) is 0 Å². The lowest BCUT2D eigenvalue weighted by Crippen LogP contribution is -2.45. The molecule has 0 radical (unpaired) electrons. The van der Waals surface area contributed by atoms with Gasteiger partial charge in [0, 0.05) is 30.8 Å². The first kappa shape index (κ1) is 15.8. The third kappa shape index (κ3) is 2.41. The summed E-state index contributed by atoms with van der Waals surface area (Å²) in [6, 6.07) is 15.1. The van der Waals surface area contributed by atoms with Gasteiger partial charge < -0.3 is 4.90 Å². The van der Waals surface area contributed by atoms with Gasteiger partial charge in [-0.25, -0.2) is 0 Å². The SMILES string of the molecule is CC12CCCN(C(=O)c3ccc4c(c3)CC=N4)C(Cc3ccccc31)C2. The maximum absolute atomic E-state index is 13.4. The summed E-state index contributed by atoms with van der Waals surface area (Å²) in [5.74, 6) is 0.188. The minimum absolute atomic E-state index is 0.188. The Hall–Kier alpha value is -2.42. The Bertz CT molecular complexity index is 916. The zero-order valence-corrected chi connectivity index (χ0v) is 15.2. The Balaban J connectivity index is 1.48. The van der Waals surface area contributed by atoms with Crippen LogP contribution in [-0.4, -0.2) is 29.6 Å². The molecule has 2 aromatic rings. The molecule has 5 rings (SSSR count). The summed E-state index contributed by atoms with van der Waals surface area (Å²) in [6.07, 6.45) is 7.04. The Morgan fingerprint density at radius 2 is 2.08 bits per heavy atom. The molecule has 0 N–H and O–H groups in total. The Labute approximate surface area is 154 Å². The summed E-state index contributed by atoms with van der Waals surface area (Å²) in [5.41, 5.74) is 6.12. The second-order valence-electron chi connectivity index (χ2n) is 8.24. The van der Waals surface area contributed by atoms with Crippen molar-refractivity contribution in [2.24, 2.45) is 4.99 Å². The molecule has 1 amide bonds. The van der Waals surface area contributed by atoms with Gasteiger partial charge >= 0.3 is 0 Å². The second kappa shape index (κ2) is 5.80. The molecule has 2 aliphatic heterocycles. The van der Waals surface area contributed by atoms with Crippen molar-refractivity contribution in [3.8, 4) is 0 Å². The Morgan fingerprint density at radius 1 is 1.19 bits per heavy atom. The average Bonchev–Trinajstić information content (AvgIpc) is 3.07. The Kier molecular flexibility index (Phi) is 3.53. The average molecular weight is 344 g/mol. The predicted octanol–water partition coefficient (Wildman–Crippen LogP) is 4.45. The number of rotatable bonds is 1. The second-order valence-corrected chi connectivity index (χ2v) is 8.24. The lowest BCUT2D eigenvalue weighted by molar-refractivity contribution is 0.0666. The lowest BCUT2D eigenvalue weighted by atomic mass is 9.68. The van der Waals surface area contributed by atoms with E-state index in [-0.39, 0.29) is 11.3 Å². The van der Waals surface area contributed by atoms with Crippen LogP contribution in [0.2, 0.25) is 0 Å². The van der Waals surface area contributed by atoms with Crippen LogP contribution in [0.25, 0.3) is 0 Å². The molecule has 1 saturated heterocycles. The number of amides is 1. The molecule has 0 aromatic heterocycles. The lowest BCUT2D eigenvalue weighted by Gasteiger charge is -2.41. The summed E-state index contributed by atoms with van der Waals surface area (Å²) in [5, 5.41) is 0. The fourth-order valence-electron chi connectivity index (χ4n) is 5.21. The van der Waals surface area contributed by atoms with Crippen LogP contribution < -0.4 is 0 Å². The van der Waals surface area contributed by atoms with Gasteiger partial charge in [-0.05, 0) is 66.0 Å². The molecular formula is C23H24N2O. The minimum atomic E-state index is 0.188. The first-order valence-corrected chi connectivity index (χ1v) is 9.69. The monoisotopic (exact) mass is 344 g/mol. The van der Waals surface area contributed by atoms with Gasteiger partial charge in [0.2, 0.25) is 0 Å². The molecule has 2 heterocycles. The van der Waals surface area contributed by atoms with Crippen molar-refractivity contribution in [2.75, 3.05) is 6.54 Å². The van der Waals surface area contributed by atoms with E-state index >= 15 is 0 Å². The number of aliphatic imine (C=N–C) groups is 1. The summed E-state index contributed by atoms with van der Waals surface area (Å²) in [4.78, 5) is 19.9. The van der Waals surface area contributed by atoms with Gasteiger partial charge in [0.25, 0.3) is 5.91 Å². The quantitative estimate of drug-likeness (QED) is 0.752. The first-order chi connectivity index (χ1) is 12.6. The highest BCUT2D eigenvalue weighted by Gasteiger charge is 2.41. The zero-order chi connectivity index (χ0) is 17.7. The van der Waals surface area contributed by atoms with E-state index in [4.69, 9.17) is 0 Å². The van der Waals surface area contributed by atoms with E-state index in [1.165, 1.54) is 16.7 Å². The molecule has 132 valence electrons. The highest BCUT2D eigenvalue weighted by atomic mass is 16.2. The standard InChI is InChI=1S/C23H24N2O/c1-23-10-4-12-25(19(15-23)14-16-5-2-3-6-20(16)23)22(26)18-7-8-21-17(13-18)9-11-24-21/h2-3,5-8,11,13,19H,4,9-10,12,14-15H2,1H3. The zero-order valence-electron chi connectivity index (χ0n) is 15.2. The van der Waals surface area contributed by atoms with E-state index < -0.39 is 0 Å². The molecule has 26 heavy (non-hydrogen) atoms.